The van der Waals surface area contributed by atoms with Crippen molar-refractivity contribution in [3.8, 4) is 11.5 Å². The summed E-state index contributed by atoms with van der Waals surface area (Å²) in [7, 11) is 1.64. The van der Waals surface area contributed by atoms with Crippen LogP contribution in [0.1, 0.15) is 19.8 Å². The maximum atomic E-state index is 11.2. The number of likely N-dealkylation sites (tertiary alicyclic amines) is 1. The molecule has 0 radical (unpaired) electrons. The Hall–Kier alpha value is -1.75. The van der Waals surface area contributed by atoms with Crippen molar-refractivity contribution >= 4 is 5.97 Å². The molecule has 1 aliphatic rings. The molecule has 1 aliphatic heterocycles. The van der Waals surface area contributed by atoms with Gasteiger partial charge in [-0.3, -0.25) is 9.69 Å². The molecule has 1 heterocycles. The van der Waals surface area contributed by atoms with Crippen LogP contribution in [0.25, 0.3) is 0 Å². The van der Waals surface area contributed by atoms with E-state index in [1.54, 1.807) is 7.11 Å². The summed E-state index contributed by atoms with van der Waals surface area (Å²) >= 11 is 0. The van der Waals surface area contributed by atoms with Crippen LogP contribution in [-0.2, 0) is 4.79 Å². The Labute approximate surface area is 125 Å². The molecule has 1 fully saturated rings. The van der Waals surface area contributed by atoms with E-state index in [0.717, 1.165) is 31.1 Å². The van der Waals surface area contributed by atoms with E-state index in [4.69, 9.17) is 9.47 Å². The average molecular weight is 293 g/mol. The normalized spacial score (nSPS) is 18.2. The number of carboxylic acids is 1. The molecule has 1 aromatic rings. The molecule has 116 valence electrons. The molecule has 1 aromatic carbocycles. The summed E-state index contributed by atoms with van der Waals surface area (Å²) in [5.74, 6) is 0.950. The highest BCUT2D eigenvalue weighted by molar-refractivity contribution is 5.74. The molecular weight excluding hydrogens is 270 g/mol. The maximum Gasteiger partial charge on any atom is 0.309 e. The predicted octanol–water partition coefficient (Wildman–Crippen LogP) is 2.26. The Balaban J connectivity index is 1.71. The van der Waals surface area contributed by atoms with Gasteiger partial charge in [0.2, 0.25) is 0 Å². The first-order valence-corrected chi connectivity index (χ1v) is 7.26. The number of benzene rings is 1. The topological polar surface area (TPSA) is 59.0 Å². The zero-order chi connectivity index (χ0) is 15.3. The van der Waals surface area contributed by atoms with E-state index >= 15 is 0 Å². The molecule has 0 saturated carbocycles. The van der Waals surface area contributed by atoms with Gasteiger partial charge in [0.05, 0.1) is 12.5 Å². The molecule has 1 N–H and O–H groups in total. The van der Waals surface area contributed by atoms with E-state index in [9.17, 15) is 9.90 Å². The van der Waals surface area contributed by atoms with E-state index in [2.05, 4.69) is 4.90 Å². The summed E-state index contributed by atoms with van der Waals surface area (Å²) in [5, 5.41) is 9.20. The van der Waals surface area contributed by atoms with Crippen LogP contribution in [-0.4, -0.2) is 49.3 Å². The van der Waals surface area contributed by atoms with Crippen molar-refractivity contribution in [3.05, 3.63) is 24.3 Å². The minimum Gasteiger partial charge on any atom is -0.497 e. The summed E-state index contributed by atoms with van der Waals surface area (Å²) in [4.78, 5) is 13.4. The second-order valence-corrected chi connectivity index (χ2v) is 5.73. The van der Waals surface area contributed by atoms with Crippen molar-refractivity contribution < 1.29 is 19.4 Å². The molecule has 21 heavy (non-hydrogen) atoms. The van der Waals surface area contributed by atoms with Gasteiger partial charge in [-0.15, -0.1) is 0 Å². The summed E-state index contributed by atoms with van der Waals surface area (Å²) in [5.41, 5.74) is -0.562. The van der Waals surface area contributed by atoms with E-state index in [-0.39, 0.29) is 0 Å². The van der Waals surface area contributed by atoms with Crippen LogP contribution in [0.3, 0.4) is 0 Å². The molecule has 2 rings (SSSR count). The van der Waals surface area contributed by atoms with Gasteiger partial charge < -0.3 is 14.6 Å². The van der Waals surface area contributed by atoms with Gasteiger partial charge in [0.1, 0.15) is 18.1 Å². The number of ether oxygens (including phenoxy) is 2. The third-order valence-corrected chi connectivity index (χ3v) is 4.21. The van der Waals surface area contributed by atoms with Gasteiger partial charge in [-0.05, 0) is 57.1 Å². The minimum absolute atomic E-state index is 0.562. The zero-order valence-electron chi connectivity index (χ0n) is 12.7. The number of piperidine rings is 1. The smallest absolute Gasteiger partial charge is 0.309 e. The molecule has 5 nitrogen and oxygen atoms in total. The highest BCUT2D eigenvalue weighted by atomic mass is 16.5. The summed E-state index contributed by atoms with van der Waals surface area (Å²) in [6.07, 6.45) is 1.40. The number of methoxy groups -OCH3 is 1. The first-order chi connectivity index (χ1) is 10.0. The van der Waals surface area contributed by atoms with E-state index < -0.39 is 11.4 Å². The molecule has 0 amide bonds. The Morgan fingerprint density at radius 3 is 2.33 bits per heavy atom. The first kappa shape index (κ1) is 15.6. The van der Waals surface area contributed by atoms with Gasteiger partial charge in [-0.25, -0.2) is 0 Å². The molecule has 0 unspecified atom stereocenters. The lowest BCUT2D eigenvalue weighted by Gasteiger charge is -2.36. The fourth-order valence-corrected chi connectivity index (χ4v) is 2.45. The minimum atomic E-state index is -0.684. The van der Waals surface area contributed by atoms with E-state index in [0.29, 0.717) is 19.4 Å². The number of hydrogen-bond donors (Lipinski definition) is 1. The second kappa shape index (κ2) is 6.80. The standard InChI is InChI=1S/C16H23NO4/c1-16(15(18)19)7-9-17(10-8-16)11-12-21-14-5-3-13(20-2)4-6-14/h3-6H,7-12H2,1-2H3,(H,18,19). The number of hydrogen-bond acceptors (Lipinski definition) is 4. The van der Waals surface area contributed by atoms with Gasteiger partial charge >= 0.3 is 5.97 Å². The SMILES string of the molecule is COc1ccc(OCCN2CCC(C)(C(=O)O)CC2)cc1. The van der Waals surface area contributed by atoms with E-state index in [1.165, 1.54) is 0 Å². The van der Waals surface area contributed by atoms with E-state index in [1.807, 2.05) is 31.2 Å². The van der Waals surface area contributed by atoms with Crippen molar-refractivity contribution in [2.45, 2.75) is 19.8 Å². The van der Waals surface area contributed by atoms with Crippen molar-refractivity contribution in [1.82, 2.24) is 4.90 Å². The monoisotopic (exact) mass is 293 g/mol. The lowest BCUT2D eigenvalue weighted by molar-refractivity contribution is -0.150. The molecular formula is C16H23NO4. The molecule has 1 saturated heterocycles. The van der Waals surface area contributed by atoms with Crippen LogP contribution >= 0.6 is 0 Å². The Morgan fingerprint density at radius 2 is 1.81 bits per heavy atom. The predicted molar refractivity (Wildman–Crippen MR) is 79.9 cm³/mol. The number of carbonyl (C=O) groups is 1. The molecule has 0 bridgehead atoms. The van der Waals surface area contributed by atoms with Crippen LogP contribution in [0.15, 0.2) is 24.3 Å². The largest absolute Gasteiger partial charge is 0.497 e. The fraction of sp³-hybridized carbons (Fsp3) is 0.562. The molecule has 5 heteroatoms. The van der Waals surface area contributed by atoms with Crippen molar-refractivity contribution in [2.75, 3.05) is 33.4 Å². The Kier molecular flexibility index (Phi) is 5.07. The molecule has 0 aliphatic carbocycles. The van der Waals surface area contributed by atoms with Crippen LogP contribution in [0.5, 0.6) is 11.5 Å². The molecule has 0 aromatic heterocycles. The number of nitrogens with zero attached hydrogens (tertiary/aromatic N) is 1. The molecule has 0 atom stereocenters. The summed E-state index contributed by atoms with van der Waals surface area (Å²) in [6, 6.07) is 7.51. The summed E-state index contributed by atoms with van der Waals surface area (Å²) in [6.45, 7) is 4.89. The zero-order valence-corrected chi connectivity index (χ0v) is 12.7. The van der Waals surface area contributed by atoms with Crippen LogP contribution < -0.4 is 9.47 Å². The third-order valence-electron chi connectivity index (χ3n) is 4.21. The van der Waals surface area contributed by atoms with Crippen molar-refractivity contribution in [1.29, 1.82) is 0 Å². The number of rotatable bonds is 6. The Bertz CT molecular complexity index is 464. The number of aliphatic carboxylic acids is 1. The van der Waals surface area contributed by atoms with Crippen LogP contribution in [0.4, 0.5) is 0 Å². The quantitative estimate of drug-likeness (QED) is 0.872. The van der Waals surface area contributed by atoms with Crippen LogP contribution in [0.2, 0.25) is 0 Å². The summed E-state index contributed by atoms with van der Waals surface area (Å²) < 4.78 is 10.8. The first-order valence-electron chi connectivity index (χ1n) is 7.26. The van der Waals surface area contributed by atoms with Crippen molar-refractivity contribution in [3.63, 3.8) is 0 Å². The molecule has 0 spiro atoms. The van der Waals surface area contributed by atoms with Gasteiger partial charge in [0.25, 0.3) is 0 Å². The lowest BCUT2D eigenvalue weighted by atomic mass is 9.80. The Morgan fingerprint density at radius 1 is 1.24 bits per heavy atom. The highest BCUT2D eigenvalue weighted by Gasteiger charge is 2.36. The maximum absolute atomic E-state index is 11.2. The van der Waals surface area contributed by atoms with Crippen molar-refractivity contribution in [2.24, 2.45) is 5.41 Å². The second-order valence-electron chi connectivity index (χ2n) is 5.73. The van der Waals surface area contributed by atoms with Gasteiger partial charge in [-0.1, -0.05) is 0 Å². The van der Waals surface area contributed by atoms with Gasteiger partial charge in [-0.2, -0.15) is 0 Å². The lowest BCUT2D eigenvalue weighted by Crippen LogP contribution is -2.43. The average Bonchev–Trinajstić information content (AvgIpc) is 2.50. The van der Waals surface area contributed by atoms with Crippen LogP contribution in [0, 0.1) is 5.41 Å². The fourth-order valence-electron chi connectivity index (χ4n) is 2.45. The van der Waals surface area contributed by atoms with Gasteiger partial charge in [0.15, 0.2) is 0 Å². The third kappa shape index (κ3) is 4.11. The van der Waals surface area contributed by atoms with Gasteiger partial charge in [0, 0.05) is 6.54 Å². The number of carboxylic acid groups (broad SMARTS) is 1. The highest BCUT2D eigenvalue weighted by Crippen LogP contribution is 2.30.